The lowest BCUT2D eigenvalue weighted by Gasteiger charge is -2.14. The molecule has 2 N–H and O–H groups in total. The van der Waals surface area contributed by atoms with Gasteiger partial charge in [0.05, 0.1) is 39.5 Å². The molecule has 1 heterocycles. The Labute approximate surface area is 233 Å². The molecule has 3 aromatic rings. The highest BCUT2D eigenvalue weighted by Gasteiger charge is 2.09. The molecule has 212 valence electrons. The Morgan fingerprint density at radius 1 is 0.450 bits per heavy atom. The SMILES string of the molecule is Oc1c2cccc1OCCOCCOc1ccccc1OCCOCCOc1cccc(c1O)C=NCCN=C2. The van der Waals surface area contributed by atoms with Gasteiger partial charge in [-0.15, -0.1) is 0 Å². The van der Waals surface area contributed by atoms with Gasteiger partial charge in [-0.25, -0.2) is 0 Å². The van der Waals surface area contributed by atoms with Gasteiger partial charge < -0.3 is 38.6 Å². The van der Waals surface area contributed by atoms with Crippen molar-refractivity contribution in [2.45, 2.75) is 0 Å². The van der Waals surface area contributed by atoms with Gasteiger partial charge in [0.15, 0.2) is 34.5 Å². The molecule has 0 aliphatic carbocycles. The van der Waals surface area contributed by atoms with E-state index >= 15 is 0 Å². The highest BCUT2D eigenvalue weighted by atomic mass is 16.6. The molecule has 0 saturated carbocycles. The number of nitrogens with zero attached hydrogens (tertiary/aromatic N) is 2. The van der Waals surface area contributed by atoms with E-state index in [-0.39, 0.29) is 24.7 Å². The number of aliphatic imine (C=N–C) groups is 2. The van der Waals surface area contributed by atoms with Crippen LogP contribution in [0.25, 0.3) is 0 Å². The van der Waals surface area contributed by atoms with E-state index in [4.69, 9.17) is 28.4 Å². The topological polar surface area (TPSA) is 121 Å². The van der Waals surface area contributed by atoms with E-state index in [0.717, 1.165) is 0 Å². The monoisotopic (exact) mass is 550 g/mol. The fourth-order valence-electron chi connectivity index (χ4n) is 3.70. The maximum atomic E-state index is 10.5. The maximum Gasteiger partial charge on any atom is 0.166 e. The van der Waals surface area contributed by atoms with Gasteiger partial charge in [-0.1, -0.05) is 24.3 Å². The second kappa shape index (κ2) is 16.0. The summed E-state index contributed by atoms with van der Waals surface area (Å²) in [5.74, 6) is 1.94. The van der Waals surface area contributed by atoms with Gasteiger partial charge in [0.2, 0.25) is 0 Å². The minimum Gasteiger partial charge on any atom is -0.504 e. The first-order chi connectivity index (χ1) is 19.7. The van der Waals surface area contributed by atoms with Crippen molar-refractivity contribution in [3.8, 4) is 34.5 Å². The molecular weight excluding hydrogens is 516 g/mol. The molecule has 0 fully saturated rings. The summed E-state index contributed by atoms with van der Waals surface area (Å²) in [6, 6.07) is 17.8. The largest absolute Gasteiger partial charge is 0.504 e. The third-order valence-corrected chi connectivity index (χ3v) is 5.67. The molecule has 0 unspecified atom stereocenters. The molecule has 4 bridgehead atoms. The average molecular weight is 551 g/mol. The zero-order valence-electron chi connectivity index (χ0n) is 22.2. The lowest BCUT2D eigenvalue weighted by molar-refractivity contribution is 0.0693. The third-order valence-electron chi connectivity index (χ3n) is 5.67. The highest BCUT2D eigenvalue weighted by molar-refractivity contribution is 5.85. The fraction of sp³-hybridized carbons (Fsp3) is 0.333. The lowest BCUT2D eigenvalue weighted by Crippen LogP contribution is -2.14. The molecular formula is C30H34N2O8. The van der Waals surface area contributed by atoms with E-state index < -0.39 is 0 Å². The van der Waals surface area contributed by atoms with Gasteiger partial charge in [0, 0.05) is 23.6 Å². The van der Waals surface area contributed by atoms with Crippen LogP contribution < -0.4 is 18.9 Å². The van der Waals surface area contributed by atoms with E-state index in [1.807, 2.05) is 24.3 Å². The van der Waals surface area contributed by atoms with Crippen LogP contribution in [0.15, 0.2) is 70.6 Å². The first-order valence-corrected chi connectivity index (χ1v) is 13.1. The number of benzene rings is 3. The van der Waals surface area contributed by atoms with Crippen molar-refractivity contribution in [2.24, 2.45) is 9.98 Å². The quantitative estimate of drug-likeness (QED) is 0.433. The number of fused-ring (bicyclic) bond motifs is 5. The molecule has 4 rings (SSSR count). The normalized spacial score (nSPS) is 16.1. The summed E-state index contributed by atoms with van der Waals surface area (Å²) in [6.07, 6.45) is 3.16. The van der Waals surface area contributed by atoms with Crippen LogP contribution in [0.3, 0.4) is 0 Å². The Morgan fingerprint density at radius 3 is 1.25 bits per heavy atom. The van der Waals surface area contributed by atoms with E-state index in [0.29, 0.717) is 86.9 Å². The van der Waals surface area contributed by atoms with Crippen LogP contribution >= 0.6 is 0 Å². The van der Waals surface area contributed by atoms with Crippen LogP contribution in [0.4, 0.5) is 0 Å². The average Bonchev–Trinajstić information content (AvgIpc) is 2.97. The Hall–Kier alpha value is -4.28. The van der Waals surface area contributed by atoms with Crippen molar-refractivity contribution in [3.05, 3.63) is 71.8 Å². The van der Waals surface area contributed by atoms with Gasteiger partial charge in [0.25, 0.3) is 0 Å². The highest BCUT2D eigenvalue weighted by Crippen LogP contribution is 2.30. The van der Waals surface area contributed by atoms with Gasteiger partial charge in [-0.05, 0) is 36.4 Å². The van der Waals surface area contributed by atoms with Crippen molar-refractivity contribution in [3.63, 3.8) is 0 Å². The van der Waals surface area contributed by atoms with Gasteiger partial charge in [-0.3, -0.25) is 9.98 Å². The van der Waals surface area contributed by atoms with E-state index in [1.165, 1.54) is 0 Å². The van der Waals surface area contributed by atoms with Crippen molar-refractivity contribution in [1.82, 2.24) is 0 Å². The second-order valence-electron chi connectivity index (χ2n) is 8.52. The summed E-state index contributed by atoms with van der Waals surface area (Å²) < 4.78 is 34.2. The Balaban J connectivity index is 1.39. The Kier molecular flexibility index (Phi) is 11.5. The molecule has 10 heteroatoms. The molecule has 10 nitrogen and oxygen atoms in total. The molecule has 0 atom stereocenters. The minimum absolute atomic E-state index is 0.00925. The van der Waals surface area contributed by atoms with E-state index in [2.05, 4.69) is 9.98 Å². The maximum absolute atomic E-state index is 10.5. The number of phenolic OH excluding ortho intramolecular Hbond substituents is 2. The third kappa shape index (κ3) is 8.89. The summed E-state index contributed by atoms with van der Waals surface area (Å²) in [5.41, 5.74) is 1.08. The Morgan fingerprint density at radius 2 is 0.825 bits per heavy atom. The predicted molar refractivity (Wildman–Crippen MR) is 151 cm³/mol. The molecule has 0 saturated heterocycles. The van der Waals surface area contributed by atoms with Crippen LogP contribution in [-0.2, 0) is 9.47 Å². The minimum atomic E-state index is 0.00925. The summed E-state index contributed by atoms with van der Waals surface area (Å²) >= 11 is 0. The molecule has 0 aromatic heterocycles. The lowest BCUT2D eigenvalue weighted by atomic mass is 10.2. The van der Waals surface area contributed by atoms with Crippen molar-refractivity contribution in [2.75, 3.05) is 65.9 Å². The van der Waals surface area contributed by atoms with Crippen molar-refractivity contribution >= 4 is 12.4 Å². The van der Waals surface area contributed by atoms with Crippen LogP contribution in [0.2, 0.25) is 0 Å². The molecule has 3 aromatic carbocycles. The first kappa shape index (κ1) is 28.7. The predicted octanol–water partition coefficient (Wildman–Crippen LogP) is 3.90. The molecule has 1 aliphatic rings. The van der Waals surface area contributed by atoms with Crippen molar-refractivity contribution < 1.29 is 38.6 Å². The molecule has 40 heavy (non-hydrogen) atoms. The molecule has 1 aliphatic heterocycles. The number of hydrogen-bond acceptors (Lipinski definition) is 10. The standard InChI is InChI=1S/C30H34N2O8/c33-29-23-5-3-9-27(29)39-19-15-35-13-17-37-25-7-1-2-8-26(25)38-18-14-36-16-20-40-28-10-4-6-24(30(28)34)22-32-12-11-31-21-23/h1-10,21-22,33-34H,11-20H2. The number of para-hydroxylation sites is 4. The van der Waals surface area contributed by atoms with Gasteiger partial charge >= 0.3 is 0 Å². The number of ether oxygens (including phenoxy) is 6. The fourth-order valence-corrected chi connectivity index (χ4v) is 3.70. The number of aromatic hydroxyl groups is 2. The number of rotatable bonds is 0. The smallest absolute Gasteiger partial charge is 0.166 e. The van der Waals surface area contributed by atoms with Gasteiger partial charge in [0.1, 0.15) is 26.4 Å². The zero-order valence-corrected chi connectivity index (χ0v) is 22.2. The molecule has 0 radical (unpaired) electrons. The summed E-state index contributed by atoms with van der Waals surface area (Å²) in [4.78, 5) is 8.67. The molecule has 0 amide bonds. The first-order valence-electron chi connectivity index (χ1n) is 13.1. The van der Waals surface area contributed by atoms with E-state index in [9.17, 15) is 10.2 Å². The Bertz CT molecular complexity index is 1170. The van der Waals surface area contributed by atoms with E-state index in [1.54, 1.807) is 48.8 Å². The van der Waals surface area contributed by atoms with Crippen LogP contribution in [-0.4, -0.2) is 88.6 Å². The van der Waals surface area contributed by atoms with Crippen molar-refractivity contribution in [1.29, 1.82) is 0 Å². The van der Waals surface area contributed by atoms with Crippen LogP contribution in [0, 0.1) is 0 Å². The summed E-state index contributed by atoms with van der Waals surface area (Å²) in [5, 5.41) is 21.1. The molecule has 0 spiro atoms. The van der Waals surface area contributed by atoms with Crippen LogP contribution in [0.5, 0.6) is 34.5 Å². The summed E-state index contributed by atoms with van der Waals surface area (Å²) in [7, 11) is 0. The zero-order chi connectivity index (χ0) is 27.8. The van der Waals surface area contributed by atoms with Gasteiger partial charge in [-0.2, -0.15) is 0 Å². The van der Waals surface area contributed by atoms with Crippen LogP contribution in [0.1, 0.15) is 11.1 Å². The number of hydrogen-bond donors (Lipinski definition) is 2. The second-order valence-corrected chi connectivity index (χ2v) is 8.52. The summed E-state index contributed by atoms with van der Waals surface area (Å²) in [6.45, 7) is 3.39. The number of phenols is 2.